The number of rotatable bonds is 47. The third-order valence-electron chi connectivity index (χ3n) is 11.2. The minimum absolute atomic E-state index is 0.0941. The molecule has 0 amide bonds. The minimum atomic E-state index is -4.27. The van der Waals surface area contributed by atoms with Crippen LogP contribution in [0, 0.1) is 0 Å². The van der Waals surface area contributed by atoms with Gasteiger partial charge in [-0.05, 0) is 12.8 Å². The lowest BCUT2D eigenvalue weighted by Gasteiger charge is -2.24. The molecular formula is C48H99NO7P+. The number of quaternary nitrogens is 1. The summed E-state index contributed by atoms with van der Waals surface area (Å²) in [5.41, 5.74) is 0. The predicted octanol–water partition coefficient (Wildman–Crippen LogP) is 14.8. The van der Waals surface area contributed by atoms with Gasteiger partial charge in [-0.15, -0.1) is 0 Å². The Kier molecular flexibility index (Phi) is 41.8. The first kappa shape index (κ1) is 56.5. The standard InChI is InChI=1S/C48H98NO7P/c1-6-8-10-12-14-16-18-20-22-23-24-25-26-27-28-30-32-34-36-38-40-43-53-45-47(46-55-57(51,52)54-44-42-49(3,4)5)56-48(50)41-39-37-35-33-31-29-21-19-17-15-13-11-9-7-2/h47H,6-46H2,1-5H3/p+1. The largest absolute Gasteiger partial charge is 0.472 e. The van der Waals surface area contributed by atoms with E-state index in [0.717, 1.165) is 32.1 Å². The van der Waals surface area contributed by atoms with Crippen LogP contribution < -0.4 is 0 Å². The monoisotopic (exact) mass is 833 g/mol. The van der Waals surface area contributed by atoms with Gasteiger partial charge >= 0.3 is 13.8 Å². The lowest BCUT2D eigenvalue weighted by Crippen LogP contribution is -2.37. The molecule has 9 heteroatoms. The third-order valence-corrected chi connectivity index (χ3v) is 12.2. The summed E-state index contributed by atoms with van der Waals surface area (Å²) in [6.07, 6.45) is 45.7. The van der Waals surface area contributed by atoms with Gasteiger partial charge < -0.3 is 18.9 Å². The molecule has 0 rings (SSSR count). The third kappa shape index (κ3) is 46.4. The Bertz CT molecular complexity index is 883. The number of phosphoric ester groups is 1. The van der Waals surface area contributed by atoms with Gasteiger partial charge in [0.25, 0.3) is 0 Å². The van der Waals surface area contributed by atoms with Crippen LogP contribution in [-0.2, 0) is 27.9 Å². The molecule has 0 aromatic carbocycles. The maximum Gasteiger partial charge on any atom is 0.472 e. The van der Waals surface area contributed by atoms with Gasteiger partial charge in [-0.3, -0.25) is 13.8 Å². The number of unbranched alkanes of at least 4 members (excludes halogenated alkanes) is 33. The van der Waals surface area contributed by atoms with Crippen LogP contribution in [0.25, 0.3) is 0 Å². The highest BCUT2D eigenvalue weighted by Crippen LogP contribution is 2.43. The molecule has 0 aromatic rings. The Balaban J connectivity index is 4.07. The van der Waals surface area contributed by atoms with Crippen LogP contribution in [0.4, 0.5) is 0 Å². The van der Waals surface area contributed by atoms with E-state index in [1.165, 1.54) is 193 Å². The van der Waals surface area contributed by atoms with Crippen molar-refractivity contribution < 1.29 is 37.3 Å². The summed E-state index contributed by atoms with van der Waals surface area (Å²) < 4.78 is 35.1. The van der Waals surface area contributed by atoms with E-state index in [9.17, 15) is 14.3 Å². The number of phosphoric acid groups is 1. The molecule has 0 bridgehead atoms. The SMILES string of the molecule is CCCCCCCCCCCCCCCCCCCCCCCOCC(COP(=O)(O)OCC[N+](C)(C)C)OC(=O)CCCCCCCCCCCCCCCC. The van der Waals surface area contributed by atoms with Crippen molar-refractivity contribution in [1.29, 1.82) is 0 Å². The number of nitrogens with zero attached hydrogens (tertiary/aromatic N) is 1. The zero-order valence-electron chi connectivity index (χ0n) is 38.9. The van der Waals surface area contributed by atoms with E-state index in [1.807, 2.05) is 21.1 Å². The van der Waals surface area contributed by atoms with Gasteiger partial charge in [0.15, 0.2) is 0 Å². The molecule has 57 heavy (non-hydrogen) atoms. The van der Waals surface area contributed by atoms with Crippen molar-refractivity contribution in [1.82, 2.24) is 0 Å². The molecule has 8 nitrogen and oxygen atoms in total. The number of hydrogen-bond donors (Lipinski definition) is 1. The normalized spacial score (nSPS) is 13.6. The van der Waals surface area contributed by atoms with Crippen molar-refractivity contribution in [3.05, 3.63) is 0 Å². The average Bonchev–Trinajstić information content (AvgIpc) is 3.16. The van der Waals surface area contributed by atoms with Crippen molar-refractivity contribution >= 4 is 13.8 Å². The fourth-order valence-corrected chi connectivity index (χ4v) is 8.06. The molecule has 0 spiro atoms. The second kappa shape index (κ2) is 42.2. The Morgan fingerprint density at radius 1 is 0.474 bits per heavy atom. The molecule has 0 aliphatic carbocycles. The second-order valence-electron chi connectivity index (χ2n) is 18.2. The highest BCUT2D eigenvalue weighted by atomic mass is 31.2. The van der Waals surface area contributed by atoms with E-state index in [-0.39, 0.29) is 25.8 Å². The summed E-state index contributed by atoms with van der Waals surface area (Å²) in [7, 11) is 1.69. The number of ether oxygens (including phenoxy) is 2. The van der Waals surface area contributed by atoms with Crippen molar-refractivity contribution in [3.63, 3.8) is 0 Å². The summed E-state index contributed by atoms with van der Waals surface area (Å²) in [5, 5.41) is 0. The molecule has 342 valence electrons. The topological polar surface area (TPSA) is 91.3 Å². The number of hydrogen-bond acceptors (Lipinski definition) is 6. The Hall–Kier alpha value is -0.500. The average molecular weight is 833 g/mol. The molecule has 0 aromatic heterocycles. The van der Waals surface area contributed by atoms with E-state index in [1.54, 1.807) is 0 Å². The van der Waals surface area contributed by atoms with Gasteiger partial charge in [-0.25, -0.2) is 4.57 Å². The van der Waals surface area contributed by atoms with Crippen molar-refractivity contribution in [2.75, 3.05) is 54.1 Å². The fraction of sp³-hybridized carbons (Fsp3) is 0.979. The van der Waals surface area contributed by atoms with Crippen molar-refractivity contribution in [3.8, 4) is 0 Å². The van der Waals surface area contributed by atoms with Gasteiger partial charge in [0.2, 0.25) is 0 Å². The van der Waals surface area contributed by atoms with Crippen LogP contribution in [0.15, 0.2) is 0 Å². The van der Waals surface area contributed by atoms with E-state index < -0.39 is 13.9 Å². The molecule has 0 heterocycles. The molecule has 0 saturated heterocycles. The van der Waals surface area contributed by atoms with Crippen LogP contribution in [0.3, 0.4) is 0 Å². The highest BCUT2D eigenvalue weighted by molar-refractivity contribution is 7.47. The lowest BCUT2D eigenvalue weighted by atomic mass is 10.0. The Labute approximate surface area is 355 Å². The minimum Gasteiger partial charge on any atom is -0.457 e. The van der Waals surface area contributed by atoms with E-state index in [4.69, 9.17) is 18.5 Å². The smallest absolute Gasteiger partial charge is 0.457 e. The summed E-state index contributed by atoms with van der Waals surface area (Å²) in [6, 6.07) is 0. The molecule has 0 aliphatic rings. The fourth-order valence-electron chi connectivity index (χ4n) is 7.32. The van der Waals surface area contributed by atoms with Gasteiger partial charge in [0.1, 0.15) is 19.3 Å². The molecule has 0 aliphatic heterocycles. The number of carbonyl (C=O) groups is 1. The van der Waals surface area contributed by atoms with E-state index in [2.05, 4.69) is 13.8 Å². The Morgan fingerprint density at radius 3 is 1.16 bits per heavy atom. The maximum atomic E-state index is 12.7. The lowest BCUT2D eigenvalue weighted by molar-refractivity contribution is -0.870. The van der Waals surface area contributed by atoms with Crippen LogP contribution >= 0.6 is 7.82 Å². The molecule has 2 unspecified atom stereocenters. The van der Waals surface area contributed by atoms with Gasteiger partial charge in [-0.1, -0.05) is 226 Å². The van der Waals surface area contributed by atoms with Crippen LogP contribution in [-0.4, -0.2) is 75.6 Å². The summed E-state index contributed by atoms with van der Waals surface area (Å²) in [5.74, 6) is -0.307. The first-order valence-corrected chi connectivity index (χ1v) is 26.3. The number of likely N-dealkylation sites (N-methyl/N-ethyl adjacent to an activating group) is 1. The zero-order chi connectivity index (χ0) is 42.0. The highest BCUT2D eigenvalue weighted by Gasteiger charge is 2.26. The predicted molar refractivity (Wildman–Crippen MR) is 243 cm³/mol. The molecular weight excluding hydrogens is 734 g/mol. The molecule has 0 radical (unpaired) electrons. The van der Waals surface area contributed by atoms with Crippen molar-refractivity contribution in [2.24, 2.45) is 0 Å². The van der Waals surface area contributed by atoms with Gasteiger partial charge in [-0.2, -0.15) is 0 Å². The quantitative estimate of drug-likeness (QED) is 0.0283. The second-order valence-corrected chi connectivity index (χ2v) is 19.7. The first-order chi connectivity index (χ1) is 27.6. The molecule has 2 atom stereocenters. The molecule has 1 N–H and O–H groups in total. The zero-order valence-corrected chi connectivity index (χ0v) is 39.8. The number of carbonyl (C=O) groups excluding carboxylic acids is 1. The van der Waals surface area contributed by atoms with Gasteiger partial charge in [0, 0.05) is 13.0 Å². The first-order valence-electron chi connectivity index (χ1n) is 24.8. The van der Waals surface area contributed by atoms with E-state index in [0.29, 0.717) is 24.1 Å². The van der Waals surface area contributed by atoms with Crippen LogP contribution in [0.2, 0.25) is 0 Å². The van der Waals surface area contributed by atoms with Gasteiger partial charge in [0.05, 0.1) is 34.4 Å². The summed E-state index contributed by atoms with van der Waals surface area (Å²) in [4.78, 5) is 22.9. The Morgan fingerprint density at radius 2 is 0.807 bits per heavy atom. The van der Waals surface area contributed by atoms with E-state index >= 15 is 0 Å². The van der Waals surface area contributed by atoms with Crippen LogP contribution in [0.1, 0.15) is 245 Å². The van der Waals surface area contributed by atoms with Crippen LogP contribution in [0.5, 0.6) is 0 Å². The summed E-state index contributed by atoms with van der Waals surface area (Å²) >= 11 is 0. The van der Waals surface area contributed by atoms with Crippen molar-refractivity contribution in [2.45, 2.75) is 251 Å². The maximum absolute atomic E-state index is 12.7. The molecule has 0 saturated carbocycles. The molecule has 0 fully saturated rings. The summed E-state index contributed by atoms with van der Waals surface area (Å²) in [6.45, 7) is 5.69. The number of esters is 1.